The molecular formula is C12H18N2O2. The summed E-state index contributed by atoms with van der Waals surface area (Å²) in [6, 6.07) is 8.99. The smallest absolute Gasteiger partial charge is 0.250 e. The van der Waals surface area contributed by atoms with E-state index >= 15 is 0 Å². The van der Waals surface area contributed by atoms with Crippen LogP contribution in [0.2, 0.25) is 0 Å². The van der Waals surface area contributed by atoms with Gasteiger partial charge in [0.15, 0.2) is 0 Å². The van der Waals surface area contributed by atoms with Crippen LogP contribution in [0.1, 0.15) is 12.5 Å². The van der Waals surface area contributed by atoms with E-state index in [9.17, 15) is 9.90 Å². The van der Waals surface area contributed by atoms with Gasteiger partial charge in [-0.1, -0.05) is 30.3 Å². The molecule has 0 spiro atoms. The number of aliphatic hydroxyl groups is 1. The summed E-state index contributed by atoms with van der Waals surface area (Å²) < 4.78 is 0. The highest BCUT2D eigenvalue weighted by Crippen LogP contribution is 2.04. The Balaban J connectivity index is 2.52. The molecule has 0 radical (unpaired) electrons. The molecule has 1 rings (SSSR count). The molecule has 1 amide bonds. The highest BCUT2D eigenvalue weighted by atomic mass is 16.3. The first-order valence-corrected chi connectivity index (χ1v) is 5.40. The van der Waals surface area contributed by atoms with E-state index in [-0.39, 0.29) is 0 Å². The fourth-order valence-corrected chi connectivity index (χ4v) is 1.47. The lowest BCUT2D eigenvalue weighted by atomic mass is 10.0. The summed E-state index contributed by atoms with van der Waals surface area (Å²) in [4.78, 5) is 11.3. The van der Waals surface area contributed by atoms with Gasteiger partial charge in [0.25, 0.3) is 0 Å². The molecule has 0 saturated carbocycles. The molecule has 0 aromatic heterocycles. The summed E-state index contributed by atoms with van der Waals surface area (Å²) >= 11 is 0. The Labute approximate surface area is 95.5 Å². The summed E-state index contributed by atoms with van der Waals surface area (Å²) in [6.07, 6.45) is -0.667. The number of carbonyl (C=O) groups excluding carboxylic acids is 1. The zero-order chi connectivity index (χ0) is 12.0. The molecule has 0 aliphatic carbocycles. The lowest BCUT2D eigenvalue weighted by molar-refractivity contribution is -0.130. The van der Waals surface area contributed by atoms with E-state index in [1.165, 1.54) is 0 Å². The maximum absolute atomic E-state index is 11.3. The summed E-state index contributed by atoms with van der Waals surface area (Å²) in [5, 5.41) is 12.2. The second-order valence-corrected chi connectivity index (χ2v) is 3.69. The Kier molecular flexibility index (Phi) is 4.95. The minimum absolute atomic E-state index is 0.411. The van der Waals surface area contributed by atoms with E-state index in [2.05, 4.69) is 5.32 Å². The van der Waals surface area contributed by atoms with Crippen LogP contribution in [0.25, 0.3) is 0 Å². The molecule has 1 aromatic rings. The van der Waals surface area contributed by atoms with Crippen molar-refractivity contribution >= 4 is 5.91 Å². The molecule has 4 N–H and O–H groups in total. The lowest BCUT2D eigenvalue weighted by Gasteiger charge is -2.17. The van der Waals surface area contributed by atoms with Gasteiger partial charge in [-0.25, -0.2) is 0 Å². The van der Waals surface area contributed by atoms with Crippen molar-refractivity contribution in [2.45, 2.75) is 25.5 Å². The Morgan fingerprint density at radius 1 is 1.44 bits per heavy atom. The van der Waals surface area contributed by atoms with E-state index in [0.717, 1.165) is 5.56 Å². The van der Waals surface area contributed by atoms with Crippen LogP contribution in [0, 0.1) is 0 Å². The Morgan fingerprint density at radius 3 is 2.62 bits per heavy atom. The van der Waals surface area contributed by atoms with Crippen LogP contribution in [0.3, 0.4) is 0 Å². The van der Waals surface area contributed by atoms with E-state index < -0.39 is 18.1 Å². The van der Waals surface area contributed by atoms with Gasteiger partial charge in [-0.2, -0.15) is 0 Å². The third-order valence-corrected chi connectivity index (χ3v) is 2.34. The molecule has 2 atom stereocenters. The monoisotopic (exact) mass is 222 g/mol. The number of rotatable bonds is 5. The molecule has 16 heavy (non-hydrogen) atoms. The zero-order valence-electron chi connectivity index (χ0n) is 9.39. The molecular weight excluding hydrogens is 204 g/mol. The normalized spacial score (nSPS) is 14.2. The third kappa shape index (κ3) is 3.64. The van der Waals surface area contributed by atoms with Crippen LogP contribution in [-0.2, 0) is 11.2 Å². The lowest BCUT2D eigenvalue weighted by Crippen LogP contribution is -2.47. The number of amides is 1. The first-order valence-electron chi connectivity index (χ1n) is 5.40. The number of likely N-dealkylation sites (N-methyl/N-ethyl adjacent to an activating group) is 1. The SMILES string of the molecule is CCNC(=O)C(O)C(N)Cc1ccccc1. The minimum atomic E-state index is -1.15. The molecule has 4 nitrogen and oxygen atoms in total. The number of benzene rings is 1. The van der Waals surface area contributed by atoms with Crippen LogP contribution >= 0.6 is 0 Å². The van der Waals surface area contributed by atoms with Gasteiger partial charge < -0.3 is 16.2 Å². The average Bonchev–Trinajstić information content (AvgIpc) is 2.29. The highest BCUT2D eigenvalue weighted by Gasteiger charge is 2.22. The number of nitrogens with one attached hydrogen (secondary N) is 1. The molecule has 1 aromatic carbocycles. The van der Waals surface area contributed by atoms with Crippen molar-refractivity contribution < 1.29 is 9.90 Å². The predicted molar refractivity (Wildman–Crippen MR) is 62.8 cm³/mol. The van der Waals surface area contributed by atoms with Crippen molar-refractivity contribution in [3.8, 4) is 0 Å². The van der Waals surface area contributed by atoms with Crippen molar-refractivity contribution in [3.05, 3.63) is 35.9 Å². The number of nitrogens with two attached hydrogens (primary N) is 1. The van der Waals surface area contributed by atoms with Gasteiger partial charge in [0.1, 0.15) is 6.10 Å². The fourth-order valence-electron chi connectivity index (χ4n) is 1.47. The predicted octanol–water partition coefficient (Wildman–Crippen LogP) is 0.0534. The topological polar surface area (TPSA) is 75.3 Å². The zero-order valence-corrected chi connectivity index (χ0v) is 9.39. The summed E-state index contributed by atoms with van der Waals surface area (Å²) in [6.45, 7) is 2.29. The molecule has 0 saturated heterocycles. The van der Waals surface area contributed by atoms with Gasteiger partial charge in [0, 0.05) is 12.6 Å². The standard InChI is InChI=1S/C12H18N2O2/c1-2-14-12(16)11(15)10(13)8-9-6-4-3-5-7-9/h3-7,10-11,15H,2,8,13H2,1H3,(H,14,16). The fraction of sp³-hybridized carbons (Fsp3) is 0.417. The van der Waals surface area contributed by atoms with Gasteiger partial charge >= 0.3 is 0 Å². The largest absolute Gasteiger partial charge is 0.382 e. The van der Waals surface area contributed by atoms with E-state index in [0.29, 0.717) is 13.0 Å². The molecule has 4 heteroatoms. The molecule has 0 heterocycles. The number of hydrogen-bond acceptors (Lipinski definition) is 3. The first-order chi connectivity index (χ1) is 7.65. The van der Waals surface area contributed by atoms with Gasteiger partial charge in [0.2, 0.25) is 5.91 Å². The van der Waals surface area contributed by atoms with Crippen molar-refractivity contribution in [2.75, 3.05) is 6.54 Å². The van der Waals surface area contributed by atoms with Crippen LogP contribution in [0.4, 0.5) is 0 Å². The third-order valence-electron chi connectivity index (χ3n) is 2.34. The summed E-state index contributed by atoms with van der Waals surface area (Å²) in [7, 11) is 0. The minimum Gasteiger partial charge on any atom is -0.382 e. The van der Waals surface area contributed by atoms with Crippen LogP contribution in [-0.4, -0.2) is 29.7 Å². The first kappa shape index (κ1) is 12.7. The van der Waals surface area contributed by atoms with E-state index in [1.54, 1.807) is 6.92 Å². The van der Waals surface area contributed by atoms with Gasteiger partial charge in [-0.05, 0) is 18.9 Å². The van der Waals surface area contributed by atoms with Crippen LogP contribution in [0.5, 0.6) is 0 Å². The molecule has 2 unspecified atom stereocenters. The Morgan fingerprint density at radius 2 is 2.06 bits per heavy atom. The van der Waals surface area contributed by atoms with Crippen molar-refractivity contribution in [1.82, 2.24) is 5.32 Å². The molecule has 88 valence electrons. The molecule has 0 bridgehead atoms. The van der Waals surface area contributed by atoms with Crippen molar-refractivity contribution in [3.63, 3.8) is 0 Å². The van der Waals surface area contributed by atoms with Crippen LogP contribution in [0.15, 0.2) is 30.3 Å². The van der Waals surface area contributed by atoms with Crippen molar-refractivity contribution in [1.29, 1.82) is 0 Å². The number of hydrogen-bond donors (Lipinski definition) is 3. The maximum Gasteiger partial charge on any atom is 0.250 e. The Hall–Kier alpha value is -1.39. The number of aliphatic hydroxyl groups excluding tert-OH is 1. The second kappa shape index (κ2) is 6.25. The molecule has 0 aliphatic heterocycles. The van der Waals surface area contributed by atoms with Gasteiger partial charge in [0.05, 0.1) is 0 Å². The van der Waals surface area contributed by atoms with Gasteiger partial charge in [-0.3, -0.25) is 4.79 Å². The Bertz CT molecular complexity index is 327. The van der Waals surface area contributed by atoms with E-state index in [4.69, 9.17) is 5.73 Å². The summed E-state index contributed by atoms with van der Waals surface area (Å²) in [5.74, 6) is -0.411. The second-order valence-electron chi connectivity index (χ2n) is 3.69. The van der Waals surface area contributed by atoms with Crippen molar-refractivity contribution in [2.24, 2.45) is 5.73 Å². The highest BCUT2D eigenvalue weighted by molar-refractivity contribution is 5.81. The number of carbonyl (C=O) groups is 1. The quantitative estimate of drug-likeness (QED) is 0.659. The maximum atomic E-state index is 11.3. The van der Waals surface area contributed by atoms with Crippen LogP contribution < -0.4 is 11.1 Å². The molecule has 0 fully saturated rings. The average molecular weight is 222 g/mol. The van der Waals surface area contributed by atoms with Gasteiger partial charge in [-0.15, -0.1) is 0 Å². The molecule has 0 aliphatic rings. The summed E-state index contributed by atoms with van der Waals surface area (Å²) in [5.41, 5.74) is 6.78. The van der Waals surface area contributed by atoms with E-state index in [1.807, 2.05) is 30.3 Å².